The Morgan fingerprint density at radius 2 is 1.74 bits per heavy atom. The Labute approximate surface area is 142 Å². The molecule has 0 aliphatic rings. The SMILES string of the molecule is COC(=O)Cc1cc(S)cc(COCC(=O)OC(C)(C)C)c1C. The van der Waals surface area contributed by atoms with Gasteiger partial charge in [0, 0.05) is 4.90 Å². The summed E-state index contributed by atoms with van der Waals surface area (Å²) in [6.07, 6.45) is 0.176. The van der Waals surface area contributed by atoms with E-state index in [1.807, 2.05) is 19.1 Å². The first-order valence-electron chi connectivity index (χ1n) is 7.30. The van der Waals surface area contributed by atoms with E-state index in [4.69, 9.17) is 14.2 Å². The zero-order chi connectivity index (χ0) is 17.6. The number of methoxy groups -OCH3 is 1. The lowest BCUT2D eigenvalue weighted by atomic mass is 10.0. The highest BCUT2D eigenvalue weighted by atomic mass is 32.1. The lowest BCUT2D eigenvalue weighted by Gasteiger charge is -2.19. The zero-order valence-corrected chi connectivity index (χ0v) is 15.2. The maximum Gasteiger partial charge on any atom is 0.332 e. The van der Waals surface area contributed by atoms with Gasteiger partial charge in [-0.25, -0.2) is 4.79 Å². The van der Waals surface area contributed by atoms with E-state index in [9.17, 15) is 9.59 Å². The third-order valence-corrected chi connectivity index (χ3v) is 3.33. The van der Waals surface area contributed by atoms with Crippen LogP contribution in [0.1, 0.15) is 37.5 Å². The van der Waals surface area contributed by atoms with Gasteiger partial charge in [-0.3, -0.25) is 4.79 Å². The molecule has 0 atom stereocenters. The van der Waals surface area contributed by atoms with Gasteiger partial charge in [-0.1, -0.05) is 0 Å². The molecule has 0 aliphatic heterocycles. The second-order valence-electron chi connectivity index (χ2n) is 6.22. The van der Waals surface area contributed by atoms with Crippen LogP contribution in [0.2, 0.25) is 0 Å². The summed E-state index contributed by atoms with van der Waals surface area (Å²) in [4.78, 5) is 23.8. The molecule has 0 N–H and O–H groups in total. The van der Waals surface area contributed by atoms with Crippen LogP contribution < -0.4 is 0 Å². The predicted octanol–water partition coefficient (Wildman–Crippen LogP) is 2.86. The summed E-state index contributed by atoms with van der Waals surface area (Å²) in [5.41, 5.74) is 2.10. The van der Waals surface area contributed by atoms with E-state index in [2.05, 4.69) is 12.6 Å². The number of hydrogen-bond acceptors (Lipinski definition) is 6. The molecule has 0 unspecified atom stereocenters. The molecule has 0 amide bonds. The third-order valence-electron chi connectivity index (χ3n) is 3.07. The molecular formula is C17H24O5S. The van der Waals surface area contributed by atoms with E-state index in [-0.39, 0.29) is 25.6 Å². The fourth-order valence-electron chi connectivity index (χ4n) is 2.00. The van der Waals surface area contributed by atoms with E-state index < -0.39 is 11.6 Å². The maximum atomic E-state index is 11.6. The topological polar surface area (TPSA) is 61.8 Å². The van der Waals surface area contributed by atoms with Crippen LogP contribution in [0.25, 0.3) is 0 Å². The molecule has 0 saturated heterocycles. The van der Waals surface area contributed by atoms with Crippen LogP contribution in [-0.2, 0) is 36.8 Å². The molecule has 0 saturated carbocycles. The molecule has 5 nitrogen and oxygen atoms in total. The van der Waals surface area contributed by atoms with Gasteiger partial charge in [0.15, 0.2) is 0 Å². The smallest absolute Gasteiger partial charge is 0.332 e. The van der Waals surface area contributed by atoms with E-state index in [0.29, 0.717) is 0 Å². The molecule has 1 rings (SSSR count). The molecule has 0 fully saturated rings. The quantitative estimate of drug-likeness (QED) is 0.637. The van der Waals surface area contributed by atoms with Crippen molar-refractivity contribution in [2.24, 2.45) is 0 Å². The van der Waals surface area contributed by atoms with Gasteiger partial charge in [0.25, 0.3) is 0 Å². The highest BCUT2D eigenvalue weighted by Crippen LogP contribution is 2.21. The minimum atomic E-state index is -0.533. The van der Waals surface area contributed by atoms with Crippen LogP contribution in [-0.4, -0.2) is 31.3 Å². The summed E-state index contributed by atoms with van der Waals surface area (Å²) < 4.78 is 15.3. The predicted molar refractivity (Wildman–Crippen MR) is 89.7 cm³/mol. The number of ether oxygens (including phenoxy) is 3. The van der Waals surface area contributed by atoms with Gasteiger partial charge in [0.05, 0.1) is 20.1 Å². The molecule has 6 heteroatoms. The van der Waals surface area contributed by atoms with E-state index in [0.717, 1.165) is 21.6 Å². The van der Waals surface area contributed by atoms with Gasteiger partial charge in [0.2, 0.25) is 0 Å². The fourth-order valence-corrected chi connectivity index (χ4v) is 2.31. The van der Waals surface area contributed by atoms with Crippen molar-refractivity contribution < 1.29 is 23.8 Å². The normalized spacial score (nSPS) is 11.2. The molecule has 1 aromatic carbocycles. The summed E-state index contributed by atoms with van der Waals surface area (Å²) in [5.74, 6) is -0.723. The van der Waals surface area contributed by atoms with Crippen molar-refractivity contribution in [2.45, 2.75) is 51.2 Å². The second-order valence-corrected chi connectivity index (χ2v) is 6.74. The third kappa shape index (κ3) is 7.05. The van der Waals surface area contributed by atoms with Gasteiger partial charge >= 0.3 is 11.9 Å². The monoisotopic (exact) mass is 340 g/mol. The number of carbonyl (C=O) groups is 2. The van der Waals surface area contributed by atoms with Crippen molar-refractivity contribution in [3.63, 3.8) is 0 Å². The Hall–Kier alpha value is -1.53. The van der Waals surface area contributed by atoms with Gasteiger partial charge < -0.3 is 14.2 Å². The molecule has 0 radical (unpaired) electrons. The standard InChI is InChI=1S/C17H24O5S/c1-11-12(8-15(18)20-5)6-14(23)7-13(11)9-21-10-16(19)22-17(2,3)4/h6-7,23H,8-10H2,1-5H3. The van der Waals surface area contributed by atoms with Crippen LogP contribution in [0.15, 0.2) is 17.0 Å². The second kappa shape index (κ2) is 8.36. The Morgan fingerprint density at radius 3 is 2.30 bits per heavy atom. The molecule has 128 valence electrons. The van der Waals surface area contributed by atoms with E-state index in [1.54, 1.807) is 20.8 Å². The van der Waals surface area contributed by atoms with Crippen LogP contribution in [0.4, 0.5) is 0 Å². The number of benzene rings is 1. The molecule has 1 aromatic rings. The molecule has 0 bridgehead atoms. The van der Waals surface area contributed by atoms with Gasteiger partial charge in [-0.2, -0.15) is 0 Å². The molecular weight excluding hydrogens is 316 g/mol. The van der Waals surface area contributed by atoms with Gasteiger partial charge in [-0.05, 0) is 56.5 Å². The summed E-state index contributed by atoms with van der Waals surface area (Å²) in [5, 5.41) is 0. The number of esters is 2. The first kappa shape index (κ1) is 19.5. The highest BCUT2D eigenvalue weighted by molar-refractivity contribution is 7.80. The number of rotatable bonds is 6. The summed E-state index contributed by atoms with van der Waals surface area (Å²) >= 11 is 4.34. The fraction of sp³-hybridized carbons (Fsp3) is 0.529. The largest absolute Gasteiger partial charge is 0.469 e. The zero-order valence-electron chi connectivity index (χ0n) is 14.3. The summed E-state index contributed by atoms with van der Waals surface area (Å²) in [6, 6.07) is 3.68. The Morgan fingerprint density at radius 1 is 1.13 bits per heavy atom. The van der Waals surface area contributed by atoms with E-state index in [1.165, 1.54) is 7.11 Å². The van der Waals surface area contributed by atoms with E-state index >= 15 is 0 Å². The van der Waals surface area contributed by atoms with Crippen molar-refractivity contribution in [2.75, 3.05) is 13.7 Å². The molecule has 0 spiro atoms. The first-order valence-corrected chi connectivity index (χ1v) is 7.75. The lowest BCUT2D eigenvalue weighted by Crippen LogP contribution is -2.26. The minimum absolute atomic E-state index is 0.125. The average Bonchev–Trinajstić information content (AvgIpc) is 2.41. The number of thiol groups is 1. The van der Waals surface area contributed by atoms with Crippen molar-refractivity contribution in [3.05, 3.63) is 28.8 Å². The van der Waals surface area contributed by atoms with Crippen molar-refractivity contribution >= 4 is 24.6 Å². The van der Waals surface area contributed by atoms with Crippen molar-refractivity contribution in [3.8, 4) is 0 Å². The highest BCUT2D eigenvalue weighted by Gasteiger charge is 2.16. The lowest BCUT2D eigenvalue weighted by molar-refractivity contribution is -0.160. The van der Waals surface area contributed by atoms with Crippen LogP contribution in [0.3, 0.4) is 0 Å². The molecule has 0 aromatic heterocycles. The number of carbonyl (C=O) groups excluding carboxylic acids is 2. The molecule has 23 heavy (non-hydrogen) atoms. The summed E-state index contributed by atoms with van der Waals surface area (Å²) in [7, 11) is 1.35. The molecule has 0 aliphatic carbocycles. The van der Waals surface area contributed by atoms with Crippen LogP contribution in [0, 0.1) is 6.92 Å². The van der Waals surface area contributed by atoms with Crippen molar-refractivity contribution in [1.29, 1.82) is 0 Å². The minimum Gasteiger partial charge on any atom is -0.469 e. The van der Waals surface area contributed by atoms with Crippen LogP contribution in [0.5, 0.6) is 0 Å². The number of hydrogen-bond donors (Lipinski definition) is 1. The first-order chi connectivity index (χ1) is 10.6. The van der Waals surface area contributed by atoms with Crippen LogP contribution >= 0.6 is 12.6 Å². The molecule has 0 heterocycles. The summed E-state index contributed by atoms with van der Waals surface area (Å²) in [6.45, 7) is 7.43. The average molecular weight is 340 g/mol. The van der Waals surface area contributed by atoms with Crippen molar-refractivity contribution in [1.82, 2.24) is 0 Å². The Kier molecular flexibility index (Phi) is 7.09. The Balaban J connectivity index is 2.70. The van der Waals surface area contributed by atoms with Gasteiger partial charge in [-0.15, -0.1) is 12.6 Å². The Bertz CT molecular complexity index is 575. The van der Waals surface area contributed by atoms with Gasteiger partial charge in [0.1, 0.15) is 12.2 Å². The maximum absolute atomic E-state index is 11.6.